The SMILES string of the molecule is C[C@@H]1CCC[C@H]([N+](=O)[O-])[C@@H]1CC(=O)O. The van der Waals surface area contributed by atoms with Crippen molar-refractivity contribution in [2.24, 2.45) is 11.8 Å². The number of carbonyl (C=O) groups is 1. The van der Waals surface area contributed by atoms with E-state index in [2.05, 4.69) is 0 Å². The summed E-state index contributed by atoms with van der Waals surface area (Å²) in [5.74, 6) is -1.08. The van der Waals surface area contributed by atoms with Crippen LogP contribution in [0.5, 0.6) is 0 Å². The molecule has 0 radical (unpaired) electrons. The zero-order valence-corrected chi connectivity index (χ0v) is 8.18. The van der Waals surface area contributed by atoms with Crippen molar-refractivity contribution in [3.05, 3.63) is 10.1 Å². The Morgan fingerprint density at radius 2 is 2.21 bits per heavy atom. The first-order valence-corrected chi connectivity index (χ1v) is 4.87. The minimum atomic E-state index is -0.935. The van der Waals surface area contributed by atoms with Gasteiger partial charge in [-0.15, -0.1) is 0 Å². The van der Waals surface area contributed by atoms with E-state index in [1.54, 1.807) is 0 Å². The fourth-order valence-corrected chi connectivity index (χ4v) is 2.26. The summed E-state index contributed by atoms with van der Waals surface area (Å²) in [6.45, 7) is 1.91. The molecule has 0 unspecified atom stereocenters. The molecule has 0 spiro atoms. The van der Waals surface area contributed by atoms with Crippen LogP contribution in [-0.4, -0.2) is 22.0 Å². The number of aliphatic carboxylic acids is 1. The van der Waals surface area contributed by atoms with Gasteiger partial charge in [0.25, 0.3) is 0 Å². The van der Waals surface area contributed by atoms with Crippen LogP contribution in [0.1, 0.15) is 32.6 Å². The number of nitro groups is 1. The number of carboxylic acids is 1. The van der Waals surface area contributed by atoms with E-state index in [-0.39, 0.29) is 23.2 Å². The van der Waals surface area contributed by atoms with Gasteiger partial charge in [0.1, 0.15) is 0 Å². The van der Waals surface area contributed by atoms with Crippen LogP contribution in [0.3, 0.4) is 0 Å². The van der Waals surface area contributed by atoms with Gasteiger partial charge in [0.15, 0.2) is 0 Å². The Hall–Kier alpha value is -1.13. The molecule has 14 heavy (non-hydrogen) atoms. The summed E-state index contributed by atoms with van der Waals surface area (Å²) in [6, 6.07) is -0.658. The summed E-state index contributed by atoms with van der Waals surface area (Å²) < 4.78 is 0. The fraction of sp³-hybridized carbons (Fsp3) is 0.889. The second-order valence-electron chi connectivity index (χ2n) is 4.02. The van der Waals surface area contributed by atoms with Crippen molar-refractivity contribution in [2.75, 3.05) is 0 Å². The van der Waals surface area contributed by atoms with Gasteiger partial charge in [0, 0.05) is 17.3 Å². The Labute approximate surface area is 82.3 Å². The van der Waals surface area contributed by atoms with E-state index in [1.807, 2.05) is 6.92 Å². The lowest BCUT2D eigenvalue weighted by Gasteiger charge is -2.29. The second kappa shape index (κ2) is 4.39. The van der Waals surface area contributed by atoms with Crippen molar-refractivity contribution in [1.29, 1.82) is 0 Å². The number of rotatable bonds is 3. The molecule has 80 valence electrons. The van der Waals surface area contributed by atoms with Gasteiger partial charge in [-0.1, -0.05) is 6.92 Å². The molecule has 0 aromatic rings. The molecule has 0 saturated heterocycles. The van der Waals surface area contributed by atoms with Crippen LogP contribution >= 0.6 is 0 Å². The zero-order valence-electron chi connectivity index (χ0n) is 8.18. The number of nitrogens with zero attached hydrogens (tertiary/aromatic N) is 1. The Morgan fingerprint density at radius 3 is 2.71 bits per heavy atom. The topological polar surface area (TPSA) is 80.4 Å². The first kappa shape index (κ1) is 10.9. The highest BCUT2D eigenvalue weighted by Crippen LogP contribution is 2.33. The molecule has 1 aliphatic carbocycles. The van der Waals surface area contributed by atoms with Gasteiger partial charge >= 0.3 is 5.97 Å². The number of hydrogen-bond acceptors (Lipinski definition) is 3. The van der Waals surface area contributed by atoms with E-state index in [4.69, 9.17) is 5.11 Å². The van der Waals surface area contributed by atoms with E-state index in [9.17, 15) is 14.9 Å². The molecule has 0 aromatic carbocycles. The number of hydrogen-bond donors (Lipinski definition) is 1. The lowest BCUT2D eigenvalue weighted by molar-refractivity contribution is -0.537. The lowest BCUT2D eigenvalue weighted by atomic mass is 9.75. The Kier molecular flexibility index (Phi) is 3.43. The highest BCUT2D eigenvalue weighted by Gasteiger charge is 2.39. The van der Waals surface area contributed by atoms with Crippen LogP contribution in [0.4, 0.5) is 0 Å². The van der Waals surface area contributed by atoms with Gasteiger partial charge in [-0.2, -0.15) is 0 Å². The Bertz CT molecular complexity index is 241. The summed E-state index contributed by atoms with van der Waals surface area (Å²) in [6.07, 6.45) is 2.19. The summed E-state index contributed by atoms with van der Waals surface area (Å²) in [5, 5.41) is 19.4. The van der Waals surface area contributed by atoms with Crippen molar-refractivity contribution < 1.29 is 14.8 Å². The third-order valence-corrected chi connectivity index (χ3v) is 3.07. The molecule has 1 aliphatic rings. The molecule has 0 bridgehead atoms. The van der Waals surface area contributed by atoms with E-state index in [1.165, 1.54) is 0 Å². The average Bonchev–Trinajstić information content (AvgIpc) is 2.07. The molecule has 0 aliphatic heterocycles. The van der Waals surface area contributed by atoms with Gasteiger partial charge in [-0.3, -0.25) is 14.9 Å². The molecule has 5 nitrogen and oxygen atoms in total. The molecule has 0 heterocycles. The molecule has 1 saturated carbocycles. The third-order valence-electron chi connectivity index (χ3n) is 3.07. The maximum absolute atomic E-state index is 10.7. The lowest BCUT2D eigenvalue weighted by Crippen LogP contribution is -2.38. The summed E-state index contributed by atoms with van der Waals surface area (Å²) >= 11 is 0. The quantitative estimate of drug-likeness (QED) is 0.554. The molecule has 0 aromatic heterocycles. The van der Waals surface area contributed by atoms with Gasteiger partial charge < -0.3 is 5.11 Å². The fourth-order valence-electron chi connectivity index (χ4n) is 2.26. The van der Waals surface area contributed by atoms with Crippen LogP contribution in [0.2, 0.25) is 0 Å². The normalized spacial score (nSPS) is 32.5. The predicted octanol–water partition coefficient (Wildman–Crippen LogP) is 1.54. The summed E-state index contributed by atoms with van der Waals surface area (Å²) in [5.41, 5.74) is 0. The minimum Gasteiger partial charge on any atom is -0.481 e. The van der Waals surface area contributed by atoms with Crippen LogP contribution in [0.25, 0.3) is 0 Å². The molecule has 3 atom stereocenters. The average molecular weight is 201 g/mol. The Morgan fingerprint density at radius 1 is 1.57 bits per heavy atom. The second-order valence-corrected chi connectivity index (χ2v) is 4.02. The number of carboxylic acid groups (broad SMARTS) is 1. The smallest absolute Gasteiger partial charge is 0.303 e. The van der Waals surface area contributed by atoms with Crippen molar-refractivity contribution in [2.45, 2.75) is 38.6 Å². The monoisotopic (exact) mass is 201 g/mol. The molecule has 5 heteroatoms. The maximum atomic E-state index is 10.7. The molecular formula is C9H15NO4. The predicted molar refractivity (Wildman–Crippen MR) is 49.5 cm³/mol. The molecule has 1 fully saturated rings. The Balaban J connectivity index is 2.70. The van der Waals surface area contributed by atoms with Crippen molar-refractivity contribution in [3.8, 4) is 0 Å². The molecular weight excluding hydrogens is 186 g/mol. The van der Waals surface area contributed by atoms with Crippen LogP contribution in [0, 0.1) is 22.0 Å². The van der Waals surface area contributed by atoms with Crippen molar-refractivity contribution in [1.82, 2.24) is 0 Å². The molecule has 1 rings (SSSR count). The minimum absolute atomic E-state index is 0.0766. The van der Waals surface area contributed by atoms with E-state index >= 15 is 0 Å². The molecule has 0 amide bonds. The van der Waals surface area contributed by atoms with Crippen molar-refractivity contribution >= 4 is 5.97 Å². The largest absolute Gasteiger partial charge is 0.481 e. The van der Waals surface area contributed by atoms with E-state index in [0.29, 0.717) is 6.42 Å². The molecule has 1 N–H and O–H groups in total. The van der Waals surface area contributed by atoms with E-state index < -0.39 is 12.0 Å². The van der Waals surface area contributed by atoms with Crippen LogP contribution < -0.4 is 0 Å². The van der Waals surface area contributed by atoms with Gasteiger partial charge in [-0.05, 0) is 18.8 Å². The summed E-state index contributed by atoms with van der Waals surface area (Å²) in [4.78, 5) is 20.9. The standard InChI is InChI=1S/C9H15NO4/c1-6-3-2-4-8(10(13)14)7(6)5-9(11)12/h6-8H,2-5H2,1H3,(H,11,12)/t6-,7-,8+/m1/s1. The zero-order chi connectivity index (χ0) is 10.7. The van der Waals surface area contributed by atoms with Gasteiger partial charge in [0.2, 0.25) is 6.04 Å². The van der Waals surface area contributed by atoms with Crippen LogP contribution in [0.15, 0.2) is 0 Å². The summed E-state index contributed by atoms with van der Waals surface area (Å²) in [7, 11) is 0. The van der Waals surface area contributed by atoms with E-state index in [0.717, 1.165) is 12.8 Å². The maximum Gasteiger partial charge on any atom is 0.303 e. The highest BCUT2D eigenvalue weighted by atomic mass is 16.6. The first-order valence-electron chi connectivity index (χ1n) is 4.87. The van der Waals surface area contributed by atoms with Gasteiger partial charge in [-0.25, -0.2) is 0 Å². The van der Waals surface area contributed by atoms with Crippen molar-refractivity contribution in [3.63, 3.8) is 0 Å². The third kappa shape index (κ3) is 2.43. The van der Waals surface area contributed by atoms with Gasteiger partial charge in [0.05, 0.1) is 6.42 Å². The van der Waals surface area contributed by atoms with Crippen LogP contribution in [-0.2, 0) is 4.79 Å². The highest BCUT2D eigenvalue weighted by molar-refractivity contribution is 5.67. The first-order chi connectivity index (χ1) is 6.52.